The van der Waals surface area contributed by atoms with Gasteiger partial charge in [0.2, 0.25) is 5.91 Å². The van der Waals surface area contributed by atoms with E-state index in [1.165, 1.54) is 43.3 Å². The number of hydrogen-bond acceptors (Lipinski definition) is 3. The molecule has 0 fully saturated rings. The number of rotatable bonds is 5. The summed E-state index contributed by atoms with van der Waals surface area (Å²) in [6.45, 7) is 1.49. The molecule has 0 aliphatic carbocycles. The molecule has 0 spiro atoms. The zero-order valence-corrected chi connectivity index (χ0v) is 13.6. The number of halogens is 4. The Hall–Kier alpha value is -3.08. The second-order valence-electron chi connectivity index (χ2n) is 5.53. The first-order valence-electron chi connectivity index (χ1n) is 7.51. The van der Waals surface area contributed by atoms with E-state index in [0.29, 0.717) is 11.8 Å². The molecule has 0 aromatic heterocycles. The SMILES string of the molecule is C[C@@H](COc1ccc(F)cc1)C(=O)Nc1ccc(C#N)c(C(F)(F)F)c1. The molecule has 1 atom stereocenters. The second kappa shape index (κ2) is 7.87. The van der Waals surface area contributed by atoms with E-state index in [4.69, 9.17) is 10.00 Å². The summed E-state index contributed by atoms with van der Waals surface area (Å²) in [5.41, 5.74) is -1.72. The molecule has 0 aliphatic heterocycles. The lowest BCUT2D eigenvalue weighted by atomic mass is 10.1. The summed E-state index contributed by atoms with van der Waals surface area (Å²) in [5.74, 6) is -1.29. The van der Waals surface area contributed by atoms with E-state index in [1.54, 1.807) is 0 Å². The molecule has 1 N–H and O–H groups in total. The quantitative estimate of drug-likeness (QED) is 0.800. The molecule has 8 heteroatoms. The molecule has 1 amide bonds. The molecule has 0 heterocycles. The lowest BCUT2D eigenvalue weighted by Crippen LogP contribution is -2.25. The van der Waals surface area contributed by atoms with Crippen molar-refractivity contribution in [2.45, 2.75) is 13.1 Å². The third kappa shape index (κ3) is 4.96. The zero-order chi connectivity index (χ0) is 19.3. The van der Waals surface area contributed by atoms with Crippen molar-refractivity contribution in [1.29, 1.82) is 5.26 Å². The number of hydrogen-bond donors (Lipinski definition) is 1. The Bertz CT molecular complexity index is 827. The maximum absolute atomic E-state index is 12.9. The van der Waals surface area contributed by atoms with Gasteiger partial charge in [0.1, 0.15) is 11.6 Å². The molecule has 0 radical (unpaired) electrons. The van der Waals surface area contributed by atoms with Crippen LogP contribution in [0.4, 0.5) is 23.2 Å². The highest BCUT2D eigenvalue weighted by Gasteiger charge is 2.34. The monoisotopic (exact) mass is 366 g/mol. The van der Waals surface area contributed by atoms with Gasteiger partial charge in [-0.25, -0.2) is 4.39 Å². The highest BCUT2D eigenvalue weighted by molar-refractivity contribution is 5.92. The van der Waals surface area contributed by atoms with Crippen molar-refractivity contribution in [3.63, 3.8) is 0 Å². The predicted molar refractivity (Wildman–Crippen MR) is 85.8 cm³/mol. The number of amides is 1. The number of carbonyl (C=O) groups excluding carboxylic acids is 1. The smallest absolute Gasteiger partial charge is 0.417 e. The topological polar surface area (TPSA) is 62.1 Å². The number of carbonyl (C=O) groups is 1. The van der Waals surface area contributed by atoms with E-state index in [0.717, 1.165) is 6.07 Å². The number of ether oxygens (including phenoxy) is 1. The third-order valence-electron chi connectivity index (χ3n) is 3.47. The van der Waals surface area contributed by atoms with E-state index in [1.807, 2.05) is 0 Å². The van der Waals surface area contributed by atoms with E-state index in [2.05, 4.69) is 5.32 Å². The van der Waals surface area contributed by atoms with Crippen LogP contribution in [0.1, 0.15) is 18.1 Å². The van der Waals surface area contributed by atoms with E-state index >= 15 is 0 Å². The summed E-state index contributed by atoms with van der Waals surface area (Å²) in [4.78, 5) is 12.1. The predicted octanol–water partition coefficient (Wildman–Crippen LogP) is 4.37. The molecule has 0 saturated heterocycles. The van der Waals surface area contributed by atoms with Crippen molar-refractivity contribution in [3.05, 3.63) is 59.4 Å². The van der Waals surface area contributed by atoms with Crippen molar-refractivity contribution in [3.8, 4) is 11.8 Å². The third-order valence-corrected chi connectivity index (χ3v) is 3.47. The molecule has 0 saturated carbocycles. The molecule has 0 aliphatic rings. The fraction of sp³-hybridized carbons (Fsp3) is 0.222. The van der Waals surface area contributed by atoms with Gasteiger partial charge in [-0.15, -0.1) is 0 Å². The Morgan fingerprint density at radius 2 is 1.88 bits per heavy atom. The summed E-state index contributed by atoms with van der Waals surface area (Å²) < 4.78 is 57.0. The van der Waals surface area contributed by atoms with Gasteiger partial charge < -0.3 is 10.1 Å². The summed E-state index contributed by atoms with van der Waals surface area (Å²) in [5, 5.41) is 11.1. The van der Waals surface area contributed by atoms with Crippen LogP contribution < -0.4 is 10.1 Å². The number of nitriles is 1. The Morgan fingerprint density at radius 3 is 2.46 bits per heavy atom. The van der Waals surface area contributed by atoms with Crippen molar-refractivity contribution < 1.29 is 27.1 Å². The van der Waals surface area contributed by atoms with Gasteiger partial charge in [0.15, 0.2) is 0 Å². The molecule has 4 nitrogen and oxygen atoms in total. The molecule has 0 unspecified atom stereocenters. The number of nitrogens with one attached hydrogen (secondary N) is 1. The van der Waals surface area contributed by atoms with Crippen LogP contribution in [0.3, 0.4) is 0 Å². The Balaban J connectivity index is 2.02. The lowest BCUT2D eigenvalue weighted by molar-refractivity contribution is -0.137. The van der Waals surface area contributed by atoms with Crippen LogP contribution in [0.15, 0.2) is 42.5 Å². The highest BCUT2D eigenvalue weighted by Crippen LogP contribution is 2.33. The molecule has 0 bridgehead atoms. The molecule has 26 heavy (non-hydrogen) atoms. The Morgan fingerprint density at radius 1 is 1.23 bits per heavy atom. The van der Waals surface area contributed by atoms with Crippen LogP contribution in [0.2, 0.25) is 0 Å². The van der Waals surface area contributed by atoms with E-state index < -0.39 is 34.9 Å². The van der Waals surface area contributed by atoms with Crippen molar-refractivity contribution in [2.24, 2.45) is 5.92 Å². The van der Waals surface area contributed by atoms with E-state index in [9.17, 15) is 22.4 Å². The van der Waals surface area contributed by atoms with Crippen LogP contribution in [-0.2, 0) is 11.0 Å². The van der Waals surface area contributed by atoms with Gasteiger partial charge in [-0.1, -0.05) is 6.92 Å². The molecule has 2 aromatic carbocycles. The number of alkyl halides is 3. The molecular weight excluding hydrogens is 352 g/mol. The van der Waals surface area contributed by atoms with Crippen molar-refractivity contribution in [2.75, 3.05) is 11.9 Å². The molecular formula is C18H14F4N2O2. The Kier molecular flexibility index (Phi) is 5.82. The Labute approximate surface area is 147 Å². The largest absolute Gasteiger partial charge is 0.493 e. The van der Waals surface area contributed by atoms with Crippen LogP contribution in [-0.4, -0.2) is 12.5 Å². The minimum Gasteiger partial charge on any atom is -0.493 e. The van der Waals surface area contributed by atoms with Crippen LogP contribution in [0.5, 0.6) is 5.75 Å². The second-order valence-corrected chi connectivity index (χ2v) is 5.53. The van der Waals surface area contributed by atoms with Crippen molar-refractivity contribution >= 4 is 11.6 Å². The van der Waals surface area contributed by atoms with Gasteiger partial charge >= 0.3 is 6.18 Å². The molecule has 2 rings (SSSR count). The van der Waals surface area contributed by atoms with Crippen molar-refractivity contribution in [1.82, 2.24) is 0 Å². The maximum atomic E-state index is 12.9. The maximum Gasteiger partial charge on any atom is 0.417 e. The van der Waals surface area contributed by atoms with Gasteiger partial charge in [-0.2, -0.15) is 18.4 Å². The molecule has 2 aromatic rings. The minimum atomic E-state index is -4.71. The standard InChI is InChI=1S/C18H14F4N2O2/c1-11(10-26-15-6-3-13(19)4-7-15)17(25)24-14-5-2-12(9-23)16(8-14)18(20,21)22/h2-8,11H,10H2,1H3,(H,24,25)/t11-/m0/s1. The first-order chi connectivity index (χ1) is 12.2. The zero-order valence-electron chi connectivity index (χ0n) is 13.6. The van der Waals surface area contributed by atoms with Gasteiger partial charge in [-0.05, 0) is 42.5 Å². The first kappa shape index (κ1) is 19.2. The highest BCUT2D eigenvalue weighted by atomic mass is 19.4. The van der Waals surface area contributed by atoms with Gasteiger partial charge in [-0.3, -0.25) is 4.79 Å². The van der Waals surface area contributed by atoms with E-state index in [-0.39, 0.29) is 12.3 Å². The summed E-state index contributed by atoms with van der Waals surface area (Å²) in [6.07, 6.45) is -4.71. The summed E-state index contributed by atoms with van der Waals surface area (Å²) in [6, 6.07) is 9.61. The van der Waals surface area contributed by atoms with Crippen LogP contribution in [0.25, 0.3) is 0 Å². The normalized spacial score (nSPS) is 12.2. The van der Waals surface area contributed by atoms with Crippen LogP contribution in [0, 0.1) is 23.1 Å². The number of nitrogens with zero attached hydrogens (tertiary/aromatic N) is 1. The average Bonchev–Trinajstić information content (AvgIpc) is 2.60. The fourth-order valence-corrected chi connectivity index (χ4v) is 2.05. The fourth-order valence-electron chi connectivity index (χ4n) is 2.05. The minimum absolute atomic E-state index is 0.0418. The number of benzene rings is 2. The number of anilines is 1. The first-order valence-corrected chi connectivity index (χ1v) is 7.51. The van der Waals surface area contributed by atoms with Crippen LogP contribution >= 0.6 is 0 Å². The molecule has 136 valence electrons. The summed E-state index contributed by atoms with van der Waals surface area (Å²) >= 11 is 0. The average molecular weight is 366 g/mol. The van der Waals surface area contributed by atoms with Gasteiger partial charge in [0.25, 0.3) is 0 Å². The lowest BCUT2D eigenvalue weighted by Gasteiger charge is -2.15. The van der Waals surface area contributed by atoms with Gasteiger partial charge in [0, 0.05) is 5.69 Å². The summed E-state index contributed by atoms with van der Waals surface area (Å²) in [7, 11) is 0. The van der Waals surface area contributed by atoms with Gasteiger partial charge in [0.05, 0.1) is 29.7 Å².